The van der Waals surface area contributed by atoms with Crippen LogP contribution in [0.4, 0.5) is 24.7 Å². The standard InChI is InChI=1S/C23H27F3N6O3/c1-13-15(4-3-5-16(13)23(24,25)26)10-19-18(12-35-22(33)14(2)27)29-21-17(28)11-20(30-32(19)21)31-6-8-34-9-7-31/h3-5,11,14H,6-10,12,27-28H2,1-2H3. The predicted octanol–water partition coefficient (Wildman–Crippen LogP) is 2.46. The van der Waals surface area contributed by atoms with Gasteiger partial charge in [0.25, 0.3) is 0 Å². The van der Waals surface area contributed by atoms with Gasteiger partial charge in [0.05, 0.1) is 30.2 Å². The number of alkyl halides is 3. The Morgan fingerprint density at radius 3 is 2.66 bits per heavy atom. The Hall–Kier alpha value is -3.38. The number of hydrogen-bond acceptors (Lipinski definition) is 8. The number of fused-ring (bicyclic) bond motifs is 1. The number of carbonyl (C=O) groups excluding carboxylic acids is 1. The molecular formula is C23H27F3N6O3. The maximum absolute atomic E-state index is 13.5. The fraction of sp³-hybridized carbons (Fsp3) is 0.435. The second kappa shape index (κ2) is 9.70. The molecule has 35 heavy (non-hydrogen) atoms. The van der Waals surface area contributed by atoms with Crippen molar-refractivity contribution in [2.75, 3.05) is 36.9 Å². The number of anilines is 2. The Labute approximate surface area is 199 Å². The van der Waals surface area contributed by atoms with E-state index in [1.807, 2.05) is 4.90 Å². The number of aromatic nitrogens is 3. The van der Waals surface area contributed by atoms with Gasteiger partial charge in [0.2, 0.25) is 0 Å². The van der Waals surface area contributed by atoms with Crippen LogP contribution in [0.5, 0.6) is 0 Å². The van der Waals surface area contributed by atoms with E-state index in [4.69, 9.17) is 26.0 Å². The number of nitrogen functional groups attached to an aromatic ring is 1. The van der Waals surface area contributed by atoms with Gasteiger partial charge >= 0.3 is 12.1 Å². The monoisotopic (exact) mass is 492 g/mol. The topological polar surface area (TPSA) is 121 Å². The second-order valence-electron chi connectivity index (χ2n) is 8.46. The van der Waals surface area contributed by atoms with E-state index in [1.165, 1.54) is 24.4 Å². The van der Waals surface area contributed by atoms with Gasteiger partial charge in [0.15, 0.2) is 11.5 Å². The summed E-state index contributed by atoms with van der Waals surface area (Å²) in [6.45, 7) is 5.02. The number of carbonyl (C=O) groups is 1. The van der Waals surface area contributed by atoms with E-state index in [-0.39, 0.29) is 18.6 Å². The van der Waals surface area contributed by atoms with Gasteiger partial charge in [-0.15, -0.1) is 5.10 Å². The number of ether oxygens (including phenoxy) is 2. The largest absolute Gasteiger partial charge is 0.458 e. The van der Waals surface area contributed by atoms with E-state index in [1.54, 1.807) is 12.1 Å². The molecule has 0 saturated carbocycles. The molecule has 1 atom stereocenters. The number of rotatable bonds is 6. The zero-order chi connectivity index (χ0) is 25.3. The SMILES string of the molecule is Cc1c(Cc2c(COC(=O)C(C)N)nc3c(N)cc(N4CCOCC4)nn23)cccc1C(F)(F)F. The normalized spacial score (nSPS) is 15.4. The number of hydrogen-bond donors (Lipinski definition) is 2. The van der Waals surface area contributed by atoms with Crippen LogP contribution in [0.3, 0.4) is 0 Å². The Kier molecular flexibility index (Phi) is 6.86. The molecule has 0 bridgehead atoms. The Morgan fingerprint density at radius 2 is 2.00 bits per heavy atom. The number of nitrogens with two attached hydrogens (primary N) is 2. The zero-order valence-electron chi connectivity index (χ0n) is 19.4. The summed E-state index contributed by atoms with van der Waals surface area (Å²) in [7, 11) is 0. The first-order chi connectivity index (χ1) is 16.6. The molecule has 4 rings (SSSR count). The van der Waals surface area contributed by atoms with Crippen LogP contribution in [0.1, 0.15) is 35.0 Å². The summed E-state index contributed by atoms with van der Waals surface area (Å²) in [6, 6.07) is 4.90. The Bertz CT molecular complexity index is 1240. The van der Waals surface area contributed by atoms with Crippen LogP contribution >= 0.6 is 0 Å². The van der Waals surface area contributed by atoms with Crippen LogP contribution in [0, 0.1) is 6.92 Å². The number of nitrogens with zero attached hydrogens (tertiary/aromatic N) is 4. The van der Waals surface area contributed by atoms with Crippen molar-refractivity contribution in [2.24, 2.45) is 5.73 Å². The molecule has 4 N–H and O–H groups in total. The number of esters is 1. The first-order valence-electron chi connectivity index (χ1n) is 11.1. The van der Waals surface area contributed by atoms with Gasteiger partial charge in [0, 0.05) is 25.6 Å². The van der Waals surface area contributed by atoms with Gasteiger partial charge in [0.1, 0.15) is 18.3 Å². The summed E-state index contributed by atoms with van der Waals surface area (Å²) in [4.78, 5) is 18.5. The number of imidazole rings is 1. The summed E-state index contributed by atoms with van der Waals surface area (Å²) in [5.41, 5.74) is 13.2. The first kappa shape index (κ1) is 24.7. The van der Waals surface area contributed by atoms with E-state index in [9.17, 15) is 18.0 Å². The second-order valence-corrected chi connectivity index (χ2v) is 8.46. The molecule has 1 unspecified atom stereocenters. The maximum atomic E-state index is 13.5. The van der Waals surface area contributed by atoms with Crippen LogP contribution in [0.2, 0.25) is 0 Å². The molecular weight excluding hydrogens is 465 g/mol. The molecule has 2 aromatic heterocycles. The quantitative estimate of drug-likeness (QED) is 0.504. The van der Waals surface area contributed by atoms with E-state index in [0.29, 0.717) is 60.4 Å². The molecule has 3 aromatic rings. The molecule has 3 heterocycles. The van der Waals surface area contributed by atoms with Gasteiger partial charge in [-0.05, 0) is 31.0 Å². The minimum absolute atomic E-state index is 0.0704. The average molecular weight is 493 g/mol. The van der Waals surface area contributed by atoms with Crippen molar-refractivity contribution >= 4 is 23.1 Å². The number of morpholine rings is 1. The maximum Gasteiger partial charge on any atom is 0.416 e. The van der Waals surface area contributed by atoms with Crippen molar-refractivity contribution in [2.45, 2.75) is 39.1 Å². The van der Waals surface area contributed by atoms with Crippen LogP contribution in [-0.4, -0.2) is 52.9 Å². The molecule has 0 aliphatic carbocycles. The van der Waals surface area contributed by atoms with Crippen LogP contribution in [-0.2, 0) is 33.5 Å². The predicted molar refractivity (Wildman–Crippen MR) is 123 cm³/mol. The van der Waals surface area contributed by atoms with Crippen molar-refractivity contribution in [3.63, 3.8) is 0 Å². The summed E-state index contributed by atoms with van der Waals surface area (Å²) in [5.74, 6) is -0.0324. The van der Waals surface area contributed by atoms with Gasteiger partial charge in [-0.1, -0.05) is 12.1 Å². The minimum Gasteiger partial charge on any atom is -0.458 e. The lowest BCUT2D eigenvalue weighted by Crippen LogP contribution is -2.37. The lowest BCUT2D eigenvalue weighted by molar-refractivity contribution is -0.146. The molecule has 0 amide bonds. The Morgan fingerprint density at radius 1 is 1.29 bits per heavy atom. The molecule has 0 radical (unpaired) electrons. The van der Waals surface area contributed by atoms with Gasteiger partial charge < -0.3 is 25.8 Å². The lowest BCUT2D eigenvalue weighted by atomic mass is 9.98. The van der Waals surface area contributed by atoms with E-state index in [2.05, 4.69) is 4.98 Å². The zero-order valence-corrected chi connectivity index (χ0v) is 19.4. The highest BCUT2D eigenvalue weighted by Crippen LogP contribution is 2.34. The highest BCUT2D eigenvalue weighted by molar-refractivity contribution is 5.75. The number of halogens is 3. The van der Waals surface area contributed by atoms with Gasteiger partial charge in [-0.3, -0.25) is 4.79 Å². The van der Waals surface area contributed by atoms with Crippen LogP contribution in [0.15, 0.2) is 24.3 Å². The van der Waals surface area contributed by atoms with E-state index >= 15 is 0 Å². The van der Waals surface area contributed by atoms with Crippen LogP contribution < -0.4 is 16.4 Å². The van der Waals surface area contributed by atoms with E-state index in [0.717, 1.165) is 6.07 Å². The third-order valence-corrected chi connectivity index (χ3v) is 5.94. The lowest BCUT2D eigenvalue weighted by Gasteiger charge is -2.27. The molecule has 1 aromatic carbocycles. The van der Waals surface area contributed by atoms with Gasteiger partial charge in [-0.25, -0.2) is 9.50 Å². The van der Waals surface area contributed by atoms with Crippen molar-refractivity contribution in [1.29, 1.82) is 0 Å². The fourth-order valence-electron chi connectivity index (χ4n) is 3.99. The van der Waals surface area contributed by atoms with E-state index < -0.39 is 23.8 Å². The minimum atomic E-state index is -4.48. The van der Waals surface area contributed by atoms with Crippen molar-refractivity contribution in [1.82, 2.24) is 14.6 Å². The summed E-state index contributed by atoms with van der Waals surface area (Å²) in [5, 5.41) is 4.70. The summed E-state index contributed by atoms with van der Waals surface area (Å²) >= 11 is 0. The van der Waals surface area contributed by atoms with Gasteiger partial charge in [-0.2, -0.15) is 13.2 Å². The average Bonchev–Trinajstić information content (AvgIpc) is 3.16. The van der Waals surface area contributed by atoms with Crippen molar-refractivity contribution in [3.05, 3.63) is 52.3 Å². The molecule has 12 heteroatoms. The molecule has 1 fully saturated rings. The summed E-state index contributed by atoms with van der Waals surface area (Å²) < 4.78 is 52.7. The third-order valence-electron chi connectivity index (χ3n) is 5.94. The summed E-state index contributed by atoms with van der Waals surface area (Å²) in [6.07, 6.45) is -4.41. The van der Waals surface area contributed by atoms with Crippen molar-refractivity contribution < 1.29 is 27.4 Å². The highest BCUT2D eigenvalue weighted by Gasteiger charge is 2.33. The molecule has 1 aliphatic rings. The molecule has 1 saturated heterocycles. The third kappa shape index (κ3) is 5.17. The molecule has 9 nitrogen and oxygen atoms in total. The Balaban J connectivity index is 1.81. The highest BCUT2D eigenvalue weighted by atomic mass is 19.4. The smallest absolute Gasteiger partial charge is 0.416 e. The van der Waals surface area contributed by atoms with Crippen molar-refractivity contribution in [3.8, 4) is 0 Å². The van der Waals surface area contributed by atoms with Crippen LogP contribution in [0.25, 0.3) is 5.65 Å². The number of benzene rings is 1. The molecule has 0 spiro atoms. The first-order valence-corrected chi connectivity index (χ1v) is 11.1. The fourth-order valence-corrected chi connectivity index (χ4v) is 3.99. The molecule has 188 valence electrons. The molecule has 1 aliphatic heterocycles.